The van der Waals surface area contributed by atoms with Crippen LogP contribution < -0.4 is 41.7 Å². The van der Waals surface area contributed by atoms with Crippen molar-refractivity contribution in [1.82, 2.24) is 34.4 Å². The fourth-order valence-corrected chi connectivity index (χ4v) is 10.8. The Hall–Kier alpha value is -4.23. The van der Waals surface area contributed by atoms with E-state index in [0.29, 0.717) is 38.9 Å². The summed E-state index contributed by atoms with van der Waals surface area (Å²) in [4.78, 5) is 82.6. The number of nitrogens with one attached hydrogen (secondary N) is 3. The second kappa shape index (κ2) is 20.5. The first-order valence-electron chi connectivity index (χ1n) is 19.7. The van der Waals surface area contributed by atoms with Gasteiger partial charge in [-0.3, -0.25) is 28.2 Å². The van der Waals surface area contributed by atoms with E-state index in [1.54, 1.807) is 11.3 Å². The molecule has 7 atom stereocenters. The minimum Gasteiger partial charge on any atom is -0.756 e. The van der Waals surface area contributed by atoms with Crippen LogP contribution in [0.5, 0.6) is 0 Å². The Balaban J connectivity index is 0.943. The Bertz CT molecular complexity index is 2730. The highest BCUT2D eigenvalue weighted by Gasteiger charge is 2.47. The fourth-order valence-electron chi connectivity index (χ4n) is 6.76. The van der Waals surface area contributed by atoms with E-state index >= 15 is 0 Å². The summed E-state index contributed by atoms with van der Waals surface area (Å²) in [5.41, 5.74) is 7.57. The number of aliphatic hydroxyl groups excluding tert-OH is 2. The SMILES string of the molecule is CN(CCCC(=O)NCCCCCCNc1nc2c(=O)[nH]c(N)nc2n1[C@@H]1O[C@H](COP(=O)(O)OP(=O)(O)OP(=O)([O-])O)[C@@H](O)[C@H]1O)c1ccc2nc3ccc(=[N+](C)C)cc-3sc2c1. The Labute approximate surface area is 368 Å². The highest BCUT2D eigenvalue weighted by Crippen LogP contribution is 2.65. The molecule has 1 aromatic carbocycles. The van der Waals surface area contributed by atoms with Crippen LogP contribution in [0.25, 0.3) is 32.0 Å². The first kappa shape index (κ1) is 49.2. The maximum Gasteiger partial charge on any atom is 0.487 e. The van der Waals surface area contributed by atoms with Crippen LogP contribution in [-0.4, -0.2) is 121 Å². The first-order chi connectivity index (χ1) is 30.1. The number of amides is 1. The molecule has 350 valence electrons. The third kappa shape index (κ3) is 12.8. The van der Waals surface area contributed by atoms with E-state index < -0.39 is 60.2 Å². The van der Waals surface area contributed by atoms with Gasteiger partial charge in [0.05, 0.1) is 27.4 Å². The van der Waals surface area contributed by atoms with Crippen LogP contribution in [-0.2, 0) is 36.4 Å². The fraction of sp³-hybridized carbons (Fsp3) is 0.486. The lowest BCUT2D eigenvalue weighted by Gasteiger charge is -2.21. The molecule has 1 fully saturated rings. The lowest BCUT2D eigenvalue weighted by atomic mass is 10.1. The minimum absolute atomic E-state index is 0.0274. The van der Waals surface area contributed by atoms with Gasteiger partial charge in [-0.1, -0.05) is 12.8 Å². The van der Waals surface area contributed by atoms with Crippen LogP contribution in [0.3, 0.4) is 0 Å². The zero-order valence-corrected chi connectivity index (χ0v) is 38.2. The second-order valence-corrected chi connectivity index (χ2v) is 20.4. The summed E-state index contributed by atoms with van der Waals surface area (Å²) in [6.45, 7) is 0.404. The normalized spacial score (nSPS) is 20.5. The van der Waals surface area contributed by atoms with Crippen molar-refractivity contribution >= 4 is 79.7 Å². The highest BCUT2D eigenvalue weighted by atomic mass is 32.1. The number of unbranched alkanes of at least 4 members (excludes halogenated alkanes) is 3. The van der Waals surface area contributed by atoms with Crippen molar-refractivity contribution < 1.29 is 66.2 Å². The van der Waals surface area contributed by atoms with Crippen molar-refractivity contribution in [2.75, 3.05) is 63.3 Å². The van der Waals surface area contributed by atoms with E-state index in [0.717, 1.165) is 55.7 Å². The first-order valence-corrected chi connectivity index (χ1v) is 25.0. The number of carbonyl (C=O) groups is 1. The largest absolute Gasteiger partial charge is 0.756 e. The number of nitrogen functional groups attached to an aromatic ring is 1. The van der Waals surface area contributed by atoms with E-state index in [2.05, 4.69) is 66.4 Å². The van der Waals surface area contributed by atoms with Crippen LogP contribution in [0.2, 0.25) is 0 Å². The number of aromatic nitrogens is 5. The zero-order chi connectivity index (χ0) is 46.6. The number of phosphoric ester groups is 1. The molecular formula is C35H49N10O15P3S. The summed E-state index contributed by atoms with van der Waals surface area (Å²) in [6, 6.07) is 12.4. The van der Waals surface area contributed by atoms with E-state index in [4.69, 9.17) is 20.3 Å². The number of nitrogens with two attached hydrogens (primary N) is 1. The smallest absolute Gasteiger partial charge is 0.487 e. The van der Waals surface area contributed by atoms with E-state index in [-0.39, 0.29) is 29.0 Å². The number of H-pyrrole nitrogens is 1. The van der Waals surface area contributed by atoms with Crippen molar-refractivity contribution in [1.29, 1.82) is 0 Å². The van der Waals surface area contributed by atoms with Gasteiger partial charge in [0, 0.05) is 50.9 Å². The Morgan fingerprint density at radius 3 is 2.45 bits per heavy atom. The summed E-state index contributed by atoms with van der Waals surface area (Å²) >= 11 is 1.70. The van der Waals surface area contributed by atoms with Gasteiger partial charge in [0.25, 0.3) is 13.4 Å². The molecule has 3 unspecified atom stereocenters. The molecule has 1 amide bonds. The number of benzene rings is 2. The van der Waals surface area contributed by atoms with Crippen molar-refractivity contribution in [2.45, 2.75) is 63.1 Å². The third-order valence-corrected chi connectivity index (χ3v) is 14.8. The maximum atomic E-state index is 12.7. The molecule has 64 heavy (non-hydrogen) atoms. The summed E-state index contributed by atoms with van der Waals surface area (Å²) in [5, 5.41) is 28.8. The monoisotopic (exact) mass is 974 g/mol. The van der Waals surface area contributed by atoms with Gasteiger partial charge in [-0.25, -0.2) is 28.0 Å². The van der Waals surface area contributed by atoms with Crippen molar-refractivity contribution in [2.24, 2.45) is 0 Å². The molecule has 2 aromatic heterocycles. The Kier molecular flexibility index (Phi) is 15.8. The number of anilines is 3. The van der Waals surface area contributed by atoms with Crippen molar-refractivity contribution in [3.63, 3.8) is 0 Å². The predicted octanol–water partition coefficient (Wildman–Crippen LogP) is 0.784. The average Bonchev–Trinajstić information content (AvgIpc) is 3.70. The number of imidazole rings is 1. The number of hydrogen-bond acceptors (Lipinski definition) is 19. The molecule has 29 heteroatoms. The number of hydrogen-bond donors (Lipinski definition) is 9. The lowest BCUT2D eigenvalue weighted by molar-refractivity contribution is -0.212. The number of rotatable bonds is 21. The van der Waals surface area contributed by atoms with E-state index in [1.165, 1.54) is 0 Å². The summed E-state index contributed by atoms with van der Waals surface area (Å²) < 4.78 is 56.4. The van der Waals surface area contributed by atoms with Gasteiger partial charge < -0.3 is 55.8 Å². The topological polar surface area (TPSA) is 362 Å². The molecule has 3 aromatic rings. The summed E-state index contributed by atoms with van der Waals surface area (Å²) in [6.07, 6.45) is -2.98. The molecule has 1 saturated heterocycles. The van der Waals surface area contributed by atoms with Crippen molar-refractivity contribution in [3.8, 4) is 10.6 Å². The van der Waals surface area contributed by atoms with Gasteiger partial charge in [0.15, 0.2) is 17.4 Å². The average molecular weight is 975 g/mol. The summed E-state index contributed by atoms with van der Waals surface area (Å²) in [5.74, 6) is -0.383. The molecule has 0 bridgehead atoms. The van der Waals surface area contributed by atoms with Gasteiger partial charge in [0.2, 0.25) is 23.2 Å². The van der Waals surface area contributed by atoms with Crippen LogP contribution in [0.1, 0.15) is 44.8 Å². The summed E-state index contributed by atoms with van der Waals surface area (Å²) in [7, 11) is -11.4. The van der Waals surface area contributed by atoms with Gasteiger partial charge in [-0.05, 0) is 43.5 Å². The van der Waals surface area contributed by atoms with Gasteiger partial charge in [0.1, 0.15) is 32.4 Å². The number of aromatic amines is 1. The number of carbonyl (C=O) groups excluding carboxylic acids is 1. The second-order valence-electron chi connectivity index (χ2n) is 15.0. The van der Waals surface area contributed by atoms with Crippen molar-refractivity contribution in [3.05, 3.63) is 52.1 Å². The quantitative estimate of drug-likeness (QED) is 0.0212. The maximum absolute atomic E-state index is 12.7. The molecule has 0 radical (unpaired) electrons. The molecule has 0 saturated carbocycles. The molecule has 6 rings (SSSR count). The third-order valence-electron chi connectivity index (χ3n) is 9.89. The minimum atomic E-state index is -5.89. The van der Waals surface area contributed by atoms with Crippen LogP contribution >= 0.6 is 34.8 Å². The molecular weight excluding hydrogens is 925 g/mol. The predicted molar refractivity (Wildman–Crippen MR) is 232 cm³/mol. The Morgan fingerprint density at radius 2 is 1.73 bits per heavy atom. The van der Waals surface area contributed by atoms with Gasteiger partial charge in [-0.15, -0.1) is 11.3 Å². The zero-order valence-electron chi connectivity index (χ0n) is 34.7. The molecule has 10 N–H and O–H groups in total. The van der Waals surface area contributed by atoms with Crippen LogP contribution in [0.4, 0.5) is 17.6 Å². The molecule has 2 aliphatic heterocycles. The number of nitrogens with zero attached hydrogens (tertiary/aromatic N) is 6. The van der Waals surface area contributed by atoms with Gasteiger partial charge in [-0.2, -0.15) is 9.29 Å². The van der Waals surface area contributed by atoms with E-state index in [9.17, 15) is 48.2 Å². The number of phosphoric acid groups is 3. The number of aliphatic hydroxyl groups is 2. The van der Waals surface area contributed by atoms with Crippen LogP contribution in [0.15, 0.2) is 41.2 Å². The Morgan fingerprint density at radius 1 is 1.00 bits per heavy atom. The number of fused-ring (bicyclic) bond motifs is 3. The lowest BCUT2D eigenvalue weighted by Crippen LogP contribution is -2.34. The highest BCUT2D eigenvalue weighted by molar-refractivity contribution is 7.66. The molecule has 4 heterocycles. The molecule has 1 aliphatic carbocycles. The molecule has 0 spiro atoms. The van der Waals surface area contributed by atoms with Gasteiger partial charge >= 0.3 is 15.6 Å². The number of ether oxygens (including phenoxy) is 1. The molecule has 3 aliphatic rings. The standard InChI is InChI=1S/C35H49N10O15P3S/c1-43(2)20-10-12-22-25(17-20)64-26-18-21(11-13-23(26)39-22)44(3)16-8-9-27(46)37-14-6-4-5-7-15-38-35-40-28-31(41-34(36)42-32(28)49)45(35)33-30(48)29(47)24(58-33)19-57-62(53,54)60-63(55,56)59-61(50,51)52/h10-13,17-18,24,29-30,33,39,47-48H,4-9,14-16,19H2,1-3H3,(H7,36,37,42,46,49,50,51,52,53,54,55,56)/t24-,29-,30-,33-/m1/s1. The van der Waals surface area contributed by atoms with Crippen LogP contribution in [0, 0.1) is 0 Å². The van der Waals surface area contributed by atoms with E-state index in [1.807, 2.05) is 39.3 Å². The molecule has 25 nitrogen and oxygen atoms in total.